The topological polar surface area (TPSA) is 85.1 Å². The van der Waals surface area contributed by atoms with E-state index in [1.54, 1.807) is 13.8 Å². The van der Waals surface area contributed by atoms with Gasteiger partial charge in [0, 0.05) is 18.4 Å². The summed E-state index contributed by atoms with van der Waals surface area (Å²) < 4.78 is 26.2. The zero-order chi connectivity index (χ0) is 12.6. The van der Waals surface area contributed by atoms with Crippen LogP contribution in [0.25, 0.3) is 0 Å². The summed E-state index contributed by atoms with van der Waals surface area (Å²) in [6.07, 6.45) is 1.24. The van der Waals surface area contributed by atoms with Crippen molar-refractivity contribution in [1.82, 2.24) is 4.37 Å². The molecule has 1 aromatic heterocycles. The SMILES string of the molecule is Cc1c(N)nsc1NCC(C)(C)S(C)(=O)=O. The summed E-state index contributed by atoms with van der Waals surface area (Å²) in [7, 11) is -3.09. The molecule has 16 heavy (non-hydrogen) atoms. The summed E-state index contributed by atoms with van der Waals surface area (Å²) in [4.78, 5) is 0. The van der Waals surface area contributed by atoms with Gasteiger partial charge in [0.2, 0.25) is 0 Å². The van der Waals surface area contributed by atoms with Gasteiger partial charge in [0.1, 0.15) is 10.8 Å². The molecule has 0 unspecified atom stereocenters. The van der Waals surface area contributed by atoms with Crippen molar-refractivity contribution in [1.29, 1.82) is 0 Å². The molecule has 7 heteroatoms. The van der Waals surface area contributed by atoms with Gasteiger partial charge >= 0.3 is 0 Å². The maximum absolute atomic E-state index is 11.5. The Hall–Kier alpha value is -0.820. The Labute approximate surface area is 100 Å². The summed E-state index contributed by atoms with van der Waals surface area (Å²) in [6.45, 7) is 5.58. The van der Waals surface area contributed by atoms with Gasteiger partial charge in [-0.3, -0.25) is 0 Å². The van der Waals surface area contributed by atoms with Crippen LogP contribution in [0.1, 0.15) is 19.4 Å². The summed E-state index contributed by atoms with van der Waals surface area (Å²) in [5, 5.41) is 3.91. The van der Waals surface area contributed by atoms with Gasteiger partial charge in [-0.2, -0.15) is 4.37 Å². The fourth-order valence-electron chi connectivity index (χ4n) is 0.937. The molecule has 0 aromatic carbocycles. The van der Waals surface area contributed by atoms with Crippen LogP contribution in [0.2, 0.25) is 0 Å². The zero-order valence-electron chi connectivity index (χ0n) is 9.86. The minimum Gasteiger partial charge on any atom is -0.383 e. The number of hydrogen-bond donors (Lipinski definition) is 2. The Morgan fingerprint density at radius 2 is 2.06 bits per heavy atom. The molecule has 0 saturated heterocycles. The van der Waals surface area contributed by atoms with Crippen LogP contribution in [0, 0.1) is 6.92 Å². The van der Waals surface area contributed by atoms with Crippen LogP contribution in [0.4, 0.5) is 10.8 Å². The third-order valence-electron chi connectivity index (χ3n) is 2.64. The first kappa shape index (κ1) is 13.2. The molecule has 1 heterocycles. The highest BCUT2D eigenvalue weighted by molar-refractivity contribution is 7.92. The van der Waals surface area contributed by atoms with Crippen LogP contribution in [-0.4, -0.2) is 30.3 Å². The van der Waals surface area contributed by atoms with Gasteiger partial charge in [-0.05, 0) is 32.3 Å². The molecule has 0 spiro atoms. The number of hydrogen-bond acceptors (Lipinski definition) is 6. The lowest BCUT2D eigenvalue weighted by molar-refractivity contribution is 0.560. The first-order chi connectivity index (χ1) is 7.15. The van der Waals surface area contributed by atoms with Crippen LogP contribution >= 0.6 is 11.5 Å². The van der Waals surface area contributed by atoms with E-state index in [4.69, 9.17) is 5.73 Å². The molecular formula is C9H17N3O2S2. The quantitative estimate of drug-likeness (QED) is 0.854. The van der Waals surface area contributed by atoms with Crippen molar-refractivity contribution in [2.45, 2.75) is 25.5 Å². The summed E-state index contributed by atoms with van der Waals surface area (Å²) >= 11 is 1.25. The van der Waals surface area contributed by atoms with Crippen LogP contribution in [0.3, 0.4) is 0 Å². The second-order valence-electron chi connectivity index (χ2n) is 4.41. The molecule has 0 aliphatic carbocycles. The predicted octanol–water partition coefficient (Wildman–Crippen LogP) is 1.27. The molecule has 0 atom stereocenters. The van der Waals surface area contributed by atoms with Crippen LogP contribution in [0.15, 0.2) is 0 Å². The molecule has 3 N–H and O–H groups in total. The van der Waals surface area contributed by atoms with Gasteiger partial charge in [-0.1, -0.05) is 0 Å². The first-order valence-electron chi connectivity index (χ1n) is 4.80. The Morgan fingerprint density at radius 3 is 2.44 bits per heavy atom. The standard InChI is InChI=1S/C9H17N3O2S2/c1-6-7(10)12-15-8(6)11-5-9(2,3)16(4,13)14/h11H,5H2,1-4H3,(H2,10,12). The van der Waals surface area contributed by atoms with Crippen LogP contribution in [-0.2, 0) is 9.84 Å². The number of sulfone groups is 1. The van der Waals surface area contributed by atoms with Crippen molar-refractivity contribution in [3.8, 4) is 0 Å². The van der Waals surface area contributed by atoms with E-state index in [9.17, 15) is 8.42 Å². The highest BCUT2D eigenvalue weighted by atomic mass is 32.2. The number of rotatable bonds is 4. The smallest absolute Gasteiger partial charge is 0.154 e. The van der Waals surface area contributed by atoms with Gasteiger partial charge < -0.3 is 11.1 Å². The summed E-state index contributed by atoms with van der Waals surface area (Å²) in [6, 6.07) is 0. The average molecular weight is 263 g/mol. The lowest BCUT2D eigenvalue weighted by atomic mass is 10.2. The van der Waals surface area contributed by atoms with E-state index in [1.807, 2.05) is 6.92 Å². The number of aromatic nitrogens is 1. The van der Waals surface area contributed by atoms with Crippen molar-refractivity contribution >= 4 is 32.2 Å². The van der Waals surface area contributed by atoms with Crippen molar-refractivity contribution in [2.75, 3.05) is 23.9 Å². The van der Waals surface area contributed by atoms with E-state index in [1.165, 1.54) is 17.8 Å². The minimum absolute atomic E-state index is 0.342. The van der Waals surface area contributed by atoms with E-state index >= 15 is 0 Å². The lowest BCUT2D eigenvalue weighted by Crippen LogP contribution is -2.38. The Bertz CT molecular complexity index is 477. The van der Waals surface area contributed by atoms with Crippen molar-refractivity contribution in [3.63, 3.8) is 0 Å². The highest BCUT2D eigenvalue weighted by Gasteiger charge is 2.30. The van der Waals surface area contributed by atoms with Crippen molar-refractivity contribution < 1.29 is 8.42 Å². The maximum Gasteiger partial charge on any atom is 0.154 e. The zero-order valence-corrected chi connectivity index (χ0v) is 11.5. The van der Waals surface area contributed by atoms with E-state index < -0.39 is 14.6 Å². The van der Waals surface area contributed by atoms with Gasteiger partial charge in [0.25, 0.3) is 0 Å². The third-order valence-corrected chi connectivity index (χ3v) is 5.71. The maximum atomic E-state index is 11.5. The molecule has 0 aliphatic heterocycles. The summed E-state index contributed by atoms with van der Waals surface area (Å²) in [5.41, 5.74) is 6.48. The molecule has 0 amide bonds. The molecule has 0 aliphatic rings. The lowest BCUT2D eigenvalue weighted by Gasteiger charge is -2.22. The monoisotopic (exact) mass is 263 g/mol. The first-order valence-corrected chi connectivity index (χ1v) is 7.47. The largest absolute Gasteiger partial charge is 0.383 e. The summed E-state index contributed by atoms with van der Waals surface area (Å²) in [5.74, 6) is 0.490. The van der Waals surface area contributed by atoms with E-state index in [-0.39, 0.29) is 0 Å². The second-order valence-corrected chi connectivity index (χ2v) is 7.83. The van der Waals surface area contributed by atoms with Gasteiger partial charge in [0.05, 0.1) is 4.75 Å². The van der Waals surface area contributed by atoms with E-state index in [2.05, 4.69) is 9.69 Å². The fourth-order valence-corrected chi connectivity index (χ4v) is 1.98. The predicted molar refractivity (Wildman–Crippen MR) is 68.7 cm³/mol. The van der Waals surface area contributed by atoms with Gasteiger partial charge in [0.15, 0.2) is 9.84 Å². The number of nitrogens with zero attached hydrogens (tertiary/aromatic N) is 1. The Balaban J connectivity index is 2.76. The van der Waals surface area contributed by atoms with E-state index in [0.717, 1.165) is 10.6 Å². The van der Waals surface area contributed by atoms with Gasteiger partial charge in [-0.15, -0.1) is 0 Å². The average Bonchev–Trinajstić information content (AvgIpc) is 2.43. The molecule has 92 valence electrons. The molecule has 0 fully saturated rings. The third kappa shape index (κ3) is 2.65. The molecule has 5 nitrogen and oxygen atoms in total. The highest BCUT2D eigenvalue weighted by Crippen LogP contribution is 2.26. The molecule has 1 aromatic rings. The van der Waals surface area contributed by atoms with Crippen LogP contribution in [0.5, 0.6) is 0 Å². The molecule has 0 radical (unpaired) electrons. The minimum atomic E-state index is -3.09. The fraction of sp³-hybridized carbons (Fsp3) is 0.667. The molecule has 0 saturated carbocycles. The number of nitrogens with two attached hydrogens (primary N) is 1. The van der Waals surface area contributed by atoms with Gasteiger partial charge in [-0.25, -0.2) is 8.42 Å². The Morgan fingerprint density at radius 1 is 1.50 bits per heavy atom. The molecular weight excluding hydrogens is 246 g/mol. The van der Waals surface area contributed by atoms with Crippen molar-refractivity contribution in [2.24, 2.45) is 0 Å². The normalized spacial score (nSPS) is 12.8. The number of anilines is 2. The molecule has 1 rings (SSSR count). The number of nitrogens with one attached hydrogen (secondary N) is 1. The van der Waals surface area contributed by atoms with E-state index in [0.29, 0.717) is 12.4 Å². The Kier molecular flexibility index (Phi) is 3.49. The van der Waals surface area contributed by atoms with Crippen molar-refractivity contribution in [3.05, 3.63) is 5.56 Å². The second kappa shape index (κ2) is 4.21. The van der Waals surface area contributed by atoms with Crippen LogP contribution < -0.4 is 11.1 Å². The number of nitrogen functional groups attached to an aromatic ring is 1. The molecule has 0 bridgehead atoms.